The zero-order chi connectivity index (χ0) is 14.8. The molecule has 8 heteroatoms. The van der Waals surface area contributed by atoms with Crippen LogP contribution in [0.4, 0.5) is 0 Å². The Morgan fingerprint density at radius 2 is 2.15 bits per heavy atom. The fourth-order valence-electron chi connectivity index (χ4n) is 1.83. The molecule has 6 nitrogen and oxygen atoms in total. The van der Waals surface area contributed by atoms with Gasteiger partial charge in [-0.15, -0.1) is 11.3 Å². The fourth-order valence-corrected chi connectivity index (χ4v) is 4.53. The average Bonchev–Trinajstić information content (AvgIpc) is 2.78. The van der Waals surface area contributed by atoms with Crippen molar-refractivity contribution >= 4 is 21.4 Å². The van der Waals surface area contributed by atoms with Crippen LogP contribution in [0.2, 0.25) is 0 Å². The molecule has 0 saturated carbocycles. The van der Waals surface area contributed by atoms with Crippen molar-refractivity contribution < 1.29 is 8.42 Å². The van der Waals surface area contributed by atoms with E-state index in [9.17, 15) is 8.42 Å². The maximum Gasteiger partial charge on any atom is 0.242 e. The molecule has 2 aromatic rings. The van der Waals surface area contributed by atoms with Gasteiger partial charge in [0, 0.05) is 17.6 Å². The summed E-state index contributed by atoms with van der Waals surface area (Å²) >= 11 is 1.36. The number of sulfonamides is 1. The molecular weight excluding hydrogens is 296 g/mol. The van der Waals surface area contributed by atoms with Crippen LogP contribution in [0, 0.1) is 13.8 Å². The van der Waals surface area contributed by atoms with Gasteiger partial charge < -0.3 is 5.73 Å². The second-order valence-corrected chi connectivity index (χ2v) is 6.96. The molecule has 0 aliphatic heterocycles. The molecule has 0 bridgehead atoms. The highest BCUT2D eigenvalue weighted by Gasteiger charge is 2.22. The van der Waals surface area contributed by atoms with Crippen LogP contribution in [0.3, 0.4) is 0 Å². The first-order valence-corrected chi connectivity index (χ1v) is 8.35. The van der Waals surface area contributed by atoms with Gasteiger partial charge in [0.1, 0.15) is 10.7 Å². The molecule has 0 unspecified atom stereocenters. The summed E-state index contributed by atoms with van der Waals surface area (Å²) in [7, 11) is -3.58. The van der Waals surface area contributed by atoms with Crippen molar-refractivity contribution in [1.82, 2.24) is 14.7 Å². The first kappa shape index (κ1) is 15.0. The number of hydrogen-bond donors (Lipinski definition) is 2. The molecular formula is C12H16N4O2S2. The predicted octanol–water partition coefficient (Wildman–Crippen LogP) is 1.09. The molecule has 2 rings (SSSR count). The van der Waals surface area contributed by atoms with Crippen LogP contribution in [0.1, 0.15) is 22.0 Å². The monoisotopic (exact) mass is 312 g/mol. The Kier molecular flexibility index (Phi) is 4.48. The van der Waals surface area contributed by atoms with Gasteiger partial charge in [-0.2, -0.15) is 0 Å². The summed E-state index contributed by atoms with van der Waals surface area (Å²) in [6.07, 6.45) is 1.60. The largest absolute Gasteiger partial charge is 0.326 e. The normalized spacial score (nSPS) is 11.8. The summed E-state index contributed by atoms with van der Waals surface area (Å²) in [5, 5.41) is 1.80. The van der Waals surface area contributed by atoms with Crippen LogP contribution < -0.4 is 10.5 Å². The van der Waals surface area contributed by atoms with Gasteiger partial charge in [-0.1, -0.05) is 0 Å². The van der Waals surface area contributed by atoms with Gasteiger partial charge in [0.25, 0.3) is 0 Å². The standard InChI is InChI=1S/C12H16N4O2S2/c1-8-7-19-11(5-13)12(8)20(17,18)15-6-10-3-4-14-9(2)16-10/h3-4,7,15H,5-6,13H2,1-2H3. The van der Waals surface area contributed by atoms with Crippen molar-refractivity contribution in [2.45, 2.75) is 31.8 Å². The highest BCUT2D eigenvalue weighted by molar-refractivity contribution is 7.89. The van der Waals surface area contributed by atoms with E-state index in [1.807, 2.05) is 0 Å². The Bertz CT molecular complexity index is 710. The third-order valence-corrected chi connectivity index (χ3v) is 5.61. The molecule has 0 aliphatic carbocycles. The number of nitrogens with one attached hydrogen (secondary N) is 1. The summed E-state index contributed by atoms with van der Waals surface area (Å²) in [5.74, 6) is 0.607. The molecule has 0 amide bonds. The lowest BCUT2D eigenvalue weighted by Crippen LogP contribution is -2.25. The van der Waals surface area contributed by atoms with Crippen molar-refractivity contribution in [1.29, 1.82) is 0 Å². The lowest BCUT2D eigenvalue weighted by atomic mass is 10.3. The molecule has 0 aliphatic rings. The zero-order valence-electron chi connectivity index (χ0n) is 11.3. The molecule has 20 heavy (non-hydrogen) atoms. The van der Waals surface area contributed by atoms with E-state index in [1.54, 1.807) is 31.5 Å². The van der Waals surface area contributed by atoms with E-state index in [1.165, 1.54) is 11.3 Å². The fraction of sp³-hybridized carbons (Fsp3) is 0.333. The maximum atomic E-state index is 12.3. The smallest absolute Gasteiger partial charge is 0.242 e. The van der Waals surface area contributed by atoms with E-state index in [2.05, 4.69) is 14.7 Å². The molecule has 0 fully saturated rings. The first-order valence-electron chi connectivity index (χ1n) is 5.99. The van der Waals surface area contributed by atoms with Crippen molar-refractivity contribution in [3.63, 3.8) is 0 Å². The summed E-state index contributed by atoms with van der Waals surface area (Å²) < 4.78 is 27.3. The van der Waals surface area contributed by atoms with Crippen molar-refractivity contribution in [3.05, 3.63) is 39.6 Å². The van der Waals surface area contributed by atoms with Gasteiger partial charge >= 0.3 is 0 Å². The van der Waals surface area contributed by atoms with Crippen LogP contribution >= 0.6 is 11.3 Å². The predicted molar refractivity (Wildman–Crippen MR) is 77.7 cm³/mol. The number of hydrogen-bond acceptors (Lipinski definition) is 6. The Hall–Kier alpha value is -1.35. The Morgan fingerprint density at radius 1 is 1.40 bits per heavy atom. The molecule has 108 valence electrons. The molecule has 0 radical (unpaired) electrons. The van der Waals surface area contributed by atoms with Crippen molar-refractivity contribution in [2.75, 3.05) is 0 Å². The second-order valence-electron chi connectivity index (χ2n) is 4.29. The lowest BCUT2D eigenvalue weighted by Gasteiger charge is -2.08. The molecule has 3 N–H and O–H groups in total. The van der Waals surface area contributed by atoms with E-state index in [-0.39, 0.29) is 18.0 Å². The number of thiophene rings is 1. The number of nitrogens with zero attached hydrogens (tertiary/aromatic N) is 2. The third kappa shape index (κ3) is 3.21. The van der Waals surface area contributed by atoms with Crippen molar-refractivity contribution in [2.24, 2.45) is 5.73 Å². The zero-order valence-corrected chi connectivity index (χ0v) is 12.9. The molecule has 0 spiro atoms. The highest BCUT2D eigenvalue weighted by Crippen LogP contribution is 2.26. The summed E-state index contributed by atoms with van der Waals surface area (Å²) in [5.41, 5.74) is 6.92. The topological polar surface area (TPSA) is 98.0 Å². The SMILES string of the molecule is Cc1nccc(CNS(=O)(=O)c2c(C)csc2CN)n1. The minimum Gasteiger partial charge on any atom is -0.326 e. The molecule has 2 heterocycles. The Morgan fingerprint density at radius 3 is 2.80 bits per heavy atom. The van der Waals surface area contributed by atoms with Crippen LogP contribution in [0.5, 0.6) is 0 Å². The lowest BCUT2D eigenvalue weighted by molar-refractivity contribution is 0.579. The van der Waals surface area contributed by atoms with Gasteiger partial charge in [0.05, 0.1) is 12.2 Å². The van der Waals surface area contributed by atoms with Gasteiger partial charge in [0.2, 0.25) is 10.0 Å². The maximum absolute atomic E-state index is 12.3. The number of aryl methyl sites for hydroxylation is 2. The van der Waals surface area contributed by atoms with Crippen molar-refractivity contribution in [3.8, 4) is 0 Å². The Labute approximate surface area is 122 Å². The highest BCUT2D eigenvalue weighted by atomic mass is 32.2. The minimum absolute atomic E-state index is 0.130. The Balaban J connectivity index is 2.21. The van der Waals surface area contributed by atoms with Gasteiger partial charge in [-0.3, -0.25) is 0 Å². The van der Waals surface area contributed by atoms with Gasteiger partial charge in [0.15, 0.2) is 0 Å². The van der Waals surface area contributed by atoms with Crippen LogP contribution in [-0.2, 0) is 23.1 Å². The van der Waals surface area contributed by atoms with Crippen LogP contribution in [0.25, 0.3) is 0 Å². The second kappa shape index (κ2) is 5.96. The van der Waals surface area contributed by atoms with E-state index in [0.29, 0.717) is 22.0 Å². The van der Waals surface area contributed by atoms with E-state index >= 15 is 0 Å². The van der Waals surface area contributed by atoms with E-state index < -0.39 is 10.0 Å². The summed E-state index contributed by atoms with van der Waals surface area (Å²) in [6, 6.07) is 1.68. The summed E-state index contributed by atoms with van der Waals surface area (Å²) in [6.45, 7) is 3.86. The number of rotatable bonds is 5. The number of aromatic nitrogens is 2. The van der Waals surface area contributed by atoms with Crippen LogP contribution in [-0.4, -0.2) is 18.4 Å². The average molecular weight is 312 g/mol. The quantitative estimate of drug-likeness (QED) is 0.861. The van der Waals surface area contributed by atoms with E-state index in [0.717, 1.165) is 0 Å². The first-order chi connectivity index (χ1) is 9.44. The molecule has 0 atom stereocenters. The molecule has 2 aromatic heterocycles. The van der Waals surface area contributed by atoms with E-state index in [4.69, 9.17) is 5.73 Å². The third-order valence-electron chi connectivity index (χ3n) is 2.72. The van der Waals surface area contributed by atoms with Gasteiger partial charge in [-0.05, 0) is 30.9 Å². The summed E-state index contributed by atoms with van der Waals surface area (Å²) in [4.78, 5) is 9.08. The minimum atomic E-state index is -3.58. The number of nitrogens with two attached hydrogens (primary N) is 1. The van der Waals surface area contributed by atoms with Gasteiger partial charge in [-0.25, -0.2) is 23.1 Å². The van der Waals surface area contributed by atoms with Crippen LogP contribution in [0.15, 0.2) is 22.5 Å². The molecule has 0 saturated heterocycles. The molecule has 0 aromatic carbocycles.